The van der Waals surface area contributed by atoms with E-state index in [-0.39, 0.29) is 42.4 Å². The fourth-order valence-electron chi connectivity index (χ4n) is 7.97. The number of amides is 3. The Labute approximate surface area is 350 Å². The molecule has 3 aliphatic heterocycles. The first-order valence-corrected chi connectivity index (χ1v) is 20.5. The summed E-state index contributed by atoms with van der Waals surface area (Å²) in [6.07, 6.45) is 8.69. The minimum absolute atomic E-state index is 0.0134. The van der Waals surface area contributed by atoms with Crippen molar-refractivity contribution in [2.75, 3.05) is 70.9 Å². The van der Waals surface area contributed by atoms with Crippen LogP contribution < -0.4 is 27.8 Å². The first-order chi connectivity index (χ1) is 28.9. The summed E-state index contributed by atoms with van der Waals surface area (Å²) in [7, 11) is 0. The van der Waals surface area contributed by atoms with E-state index in [0.717, 1.165) is 42.5 Å². The number of phenols is 1. The third-order valence-corrected chi connectivity index (χ3v) is 11.2. The van der Waals surface area contributed by atoms with Crippen LogP contribution in [0.25, 0.3) is 16.7 Å². The van der Waals surface area contributed by atoms with Crippen LogP contribution in [0.3, 0.4) is 0 Å². The fourth-order valence-corrected chi connectivity index (χ4v) is 7.97. The number of morpholine rings is 1. The Morgan fingerprint density at radius 1 is 0.967 bits per heavy atom. The van der Waals surface area contributed by atoms with E-state index in [1.165, 1.54) is 0 Å². The van der Waals surface area contributed by atoms with Gasteiger partial charge in [0, 0.05) is 106 Å². The molecule has 320 valence electrons. The van der Waals surface area contributed by atoms with E-state index in [1.807, 2.05) is 54.4 Å². The van der Waals surface area contributed by atoms with Crippen LogP contribution in [0.1, 0.15) is 59.6 Å². The number of phenolic OH excluding ortho intramolecular Hbond substituents is 1. The number of halogens is 1. The summed E-state index contributed by atoms with van der Waals surface area (Å²) in [5.74, 6) is 0.125. The Bertz CT molecular complexity index is 2160. The topological polar surface area (TPSA) is 210 Å². The smallest absolute Gasteiger partial charge is 0.253 e. The number of likely N-dealkylation sites (tertiary alicyclic amines) is 2. The molecule has 2 aromatic carbocycles. The molecule has 60 heavy (non-hydrogen) atoms. The van der Waals surface area contributed by atoms with E-state index < -0.39 is 5.67 Å². The average Bonchev–Trinajstić information content (AvgIpc) is 3.67. The second-order valence-electron chi connectivity index (χ2n) is 15.6. The summed E-state index contributed by atoms with van der Waals surface area (Å²) in [4.78, 5) is 45.9. The Morgan fingerprint density at radius 3 is 2.38 bits per heavy atom. The highest BCUT2D eigenvalue weighted by molar-refractivity contribution is 5.94. The highest BCUT2D eigenvalue weighted by Gasteiger charge is 2.38. The molecule has 3 amide bonds. The number of benzene rings is 2. The third-order valence-electron chi connectivity index (χ3n) is 11.2. The summed E-state index contributed by atoms with van der Waals surface area (Å²) < 4.78 is 23.3. The summed E-state index contributed by atoms with van der Waals surface area (Å²) >= 11 is 0. The average molecular weight is 825 g/mol. The molecule has 0 aliphatic carbocycles. The molecule has 3 aliphatic rings. The van der Waals surface area contributed by atoms with Gasteiger partial charge in [0.25, 0.3) is 5.91 Å². The quantitative estimate of drug-likeness (QED) is 0.0688. The van der Waals surface area contributed by atoms with Crippen LogP contribution >= 0.6 is 0 Å². The van der Waals surface area contributed by atoms with Gasteiger partial charge in [-0.1, -0.05) is 29.8 Å². The number of nitrogens with zero attached hydrogens (tertiary/aromatic N) is 5. The number of aryl methyl sites for hydroxylation is 1. The second kappa shape index (κ2) is 20.2. The predicted molar refractivity (Wildman–Crippen MR) is 230 cm³/mol. The summed E-state index contributed by atoms with van der Waals surface area (Å²) in [6.45, 7) is 7.83. The van der Waals surface area contributed by atoms with Crippen molar-refractivity contribution in [3.63, 3.8) is 0 Å². The van der Waals surface area contributed by atoms with E-state index >= 15 is 4.39 Å². The molecule has 0 radical (unpaired) electrons. The molecular weight excluding hydrogens is 768 g/mol. The third kappa shape index (κ3) is 11.3. The van der Waals surface area contributed by atoms with Crippen molar-refractivity contribution < 1.29 is 28.6 Å². The standard InChI is InChI=1S/C30H37FN6O3.C14H20N4O2/c1-22-3-2-4-24(17-22)29(40)36-15-9-30(31,10-16-36)20-35-12-7-26(8-13-35)37-14-6-23-18-25(19-33-28(23)37)34-27(39)5-11-32-21-38;15-11(10-3-1-2-4-13(10)19)9-12(14(16)17)18-5-7-20-8-6-18/h2-4,6,14,17-19,21,26H,5,7-13,15-16,20H2,1H3,(H,32,38)(H,34,39);1-4,9,19H,5-8,15-17H2/b;11-9-. The van der Waals surface area contributed by atoms with Crippen LogP contribution in [0, 0.1) is 6.92 Å². The van der Waals surface area contributed by atoms with Crippen LogP contribution in [0.5, 0.6) is 5.75 Å². The van der Waals surface area contributed by atoms with Crippen LogP contribution in [0.4, 0.5) is 10.1 Å². The number of piperidine rings is 2. The molecule has 3 fully saturated rings. The predicted octanol–water partition coefficient (Wildman–Crippen LogP) is 3.81. The highest BCUT2D eigenvalue weighted by atomic mass is 19.1. The van der Waals surface area contributed by atoms with Gasteiger partial charge in [-0.2, -0.15) is 0 Å². The maximum atomic E-state index is 15.8. The van der Waals surface area contributed by atoms with Crippen LogP contribution in [-0.2, 0) is 14.3 Å². The van der Waals surface area contributed by atoms with E-state index in [2.05, 4.69) is 25.1 Å². The van der Waals surface area contributed by atoms with Gasteiger partial charge < -0.3 is 56.9 Å². The number of carbonyl (C=O) groups excluding carboxylic acids is 3. The molecule has 15 nitrogen and oxygen atoms in total. The molecule has 0 atom stereocenters. The van der Waals surface area contributed by atoms with Gasteiger partial charge in [0.05, 0.1) is 30.8 Å². The molecule has 0 unspecified atom stereocenters. The number of hydrogen-bond donors (Lipinski definition) is 6. The Kier molecular flexibility index (Phi) is 14.6. The van der Waals surface area contributed by atoms with Crippen LogP contribution in [0.2, 0.25) is 0 Å². The molecule has 2 aromatic heterocycles. The number of ether oxygens (including phenoxy) is 1. The van der Waals surface area contributed by atoms with Crippen molar-refractivity contribution in [3.8, 4) is 5.75 Å². The monoisotopic (exact) mass is 824 g/mol. The number of aromatic nitrogens is 2. The number of alkyl halides is 1. The van der Waals surface area contributed by atoms with Crippen LogP contribution in [-0.4, -0.2) is 119 Å². The molecule has 0 bridgehead atoms. The number of anilines is 1. The van der Waals surface area contributed by atoms with E-state index in [0.29, 0.717) is 93.4 Å². The largest absolute Gasteiger partial charge is 0.507 e. The number of para-hydroxylation sites is 1. The molecule has 5 heterocycles. The maximum absolute atomic E-state index is 15.8. The zero-order valence-corrected chi connectivity index (χ0v) is 34.2. The number of aromatic hydroxyl groups is 1. The minimum Gasteiger partial charge on any atom is -0.507 e. The fraction of sp³-hybridized carbons (Fsp3) is 0.409. The lowest BCUT2D eigenvalue weighted by atomic mass is 9.91. The zero-order valence-electron chi connectivity index (χ0n) is 34.2. The number of allylic oxidation sites excluding steroid dienone is 1. The van der Waals surface area contributed by atoms with Gasteiger partial charge in [0.1, 0.15) is 22.9 Å². The molecule has 7 rings (SSSR count). The van der Waals surface area contributed by atoms with Crippen molar-refractivity contribution in [1.82, 2.24) is 29.6 Å². The number of hydrogen-bond acceptors (Lipinski definition) is 11. The lowest BCUT2D eigenvalue weighted by molar-refractivity contribution is -0.116. The number of rotatable bonds is 12. The summed E-state index contributed by atoms with van der Waals surface area (Å²) in [6, 6.07) is 18.6. The first-order valence-electron chi connectivity index (χ1n) is 20.5. The van der Waals surface area contributed by atoms with E-state index in [1.54, 1.807) is 41.4 Å². The van der Waals surface area contributed by atoms with Crippen molar-refractivity contribution in [2.24, 2.45) is 17.2 Å². The van der Waals surface area contributed by atoms with Crippen LogP contribution in [0.15, 0.2) is 90.7 Å². The Hall–Kier alpha value is -6.13. The van der Waals surface area contributed by atoms with Gasteiger partial charge in [-0.3, -0.25) is 14.4 Å². The highest BCUT2D eigenvalue weighted by Crippen LogP contribution is 2.33. The molecule has 9 N–H and O–H groups in total. The zero-order chi connectivity index (χ0) is 42.6. The summed E-state index contributed by atoms with van der Waals surface area (Å²) in [5.41, 5.74) is 21.1. The van der Waals surface area contributed by atoms with E-state index in [4.69, 9.17) is 21.9 Å². The molecule has 16 heteroatoms. The number of nitrogens with one attached hydrogen (secondary N) is 2. The number of pyridine rings is 1. The van der Waals surface area contributed by atoms with Gasteiger partial charge in [0.2, 0.25) is 12.3 Å². The first kappa shape index (κ1) is 43.4. The van der Waals surface area contributed by atoms with Gasteiger partial charge in [-0.25, -0.2) is 9.37 Å². The number of nitrogens with two attached hydrogens (primary N) is 3. The normalized spacial score (nSPS) is 17.3. The molecule has 3 saturated heterocycles. The lowest BCUT2D eigenvalue weighted by Crippen LogP contribution is -2.51. The number of carbonyl (C=O) groups is 3. The maximum Gasteiger partial charge on any atom is 0.253 e. The van der Waals surface area contributed by atoms with Gasteiger partial charge in [0.15, 0.2) is 0 Å². The Balaban J connectivity index is 0.000000253. The SMILES string of the molecule is Cc1cccc(C(=O)N2CCC(F)(CN3CCC(n4ccc5cc(NC(=O)CCNC=O)cnc54)CC3)CC2)c1.NC(N)=C(/C=C(\N)c1ccccc1O)N1CCOCC1. The summed E-state index contributed by atoms with van der Waals surface area (Å²) in [5, 5.41) is 16.0. The number of fused-ring (bicyclic) bond motifs is 1. The minimum atomic E-state index is -1.28. The van der Waals surface area contributed by atoms with Gasteiger partial charge in [-0.05, 0) is 62.2 Å². The van der Waals surface area contributed by atoms with Crippen molar-refractivity contribution >= 4 is 40.6 Å². The molecule has 4 aromatic rings. The van der Waals surface area contributed by atoms with Gasteiger partial charge >= 0.3 is 0 Å². The van der Waals surface area contributed by atoms with Crippen molar-refractivity contribution in [1.29, 1.82) is 0 Å². The molecule has 0 spiro atoms. The van der Waals surface area contributed by atoms with Crippen molar-refractivity contribution in [3.05, 3.63) is 107 Å². The molecular formula is C44H57FN10O5. The van der Waals surface area contributed by atoms with Gasteiger partial charge in [-0.15, -0.1) is 0 Å². The molecule has 0 saturated carbocycles. The second-order valence-corrected chi connectivity index (χ2v) is 15.6. The van der Waals surface area contributed by atoms with Crippen molar-refractivity contribution in [2.45, 2.75) is 50.7 Å². The lowest BCUT2D eigenvalue weighted by Gasteiger charge is -2.41. The van der Waals surface area contributed by atoms with E-state index in [9.17, 15) is 19.5 Å². The Morgan fingerprint density at radius 2 is 1.70 bits per heavy atom.